The van der Waals surface area contributed by atoms with Crippen LogP contribution in [0.1, 0.15) is 18.1 Å². The molecule has 2 aromatic rings. The second kappa shape index (κ2) is 7.88. The van der Waals surface area contributed by atoms with Crippen LogP contribution in [0.5, 0.6) is 11.5 Å². The zero-order valence-corrected chi connectivity index (χ0v) is 14.9. The summed E-state index contributed by atoms with van der Waals surface area (Å²) in [4.78, 5) is 12.3. The van der Waals surface area contributed by atoms with Crippen LogP contribution in [0.2, 0.25) is 5.02 Å². The van der Waals surface area contributed by atoms with Crippen molar-refractivity contribution in [3.8, 4) is 11.5 Å². The van der Waals surface area contributed by atoms with Crippen LogP contribution in [-0.2, 0) is 4.79 Å². The first-order valence-electron chi connectivity index (χ1n) is 7.42. The maximum Gasteiger partial charge on any atom is 0.248 e. The number of anilines is 1. The molecule has 0 fully saturated rings. The van der Waals surface area contributed by atoms with Gasteiger partial charge in [0.05, 0.1) is 14.2 Å². The number of nitrogens with one attached hydrogen (secondary N) is 1. The number of carbonyl (C=O) groups excluding carboxylic acids is 1. The molecule has 0 heterocycles. The highest BCUT2D eigenvalue weighted by molar-refractivity contribution is 6.31. The van der Waals surface area contributed by atoms with Gasteiger partial charge in [-0.15, -0.1) is 0 Å². The van der Waals surface area contributed by atoms with Crippen LogP contribution in [0.25, 0.3) is 5.57 Å². The fourth-order valence-electron chi connectivity index (χ4n) is 2.30. The predicted molar refractivity (Wildman–Crippen MR) is 98.0 cm³/mol. The maximum absolute atomic E-state index is 12.3. The van der Waals surface area contributed by atoms with E-state index in [0.717, 1.165) is 16.7 Å². The summed E-state index contributed by atoms with van der Waals surface area (Å²) >= 11 is 5.97. The Balaban J connectivity index is 2.24. The minimum atomic E-state index is -0.226. The van der Waals surface area contributed by atoms with Crippen LogP contribution in [0.15, 0.2) is 42.5 Å². The number of halogens is 1. The lowest BCUT2D eigenvalue weighted by Gasteiger charge is -2.11. The van der Waals surface area contributed by atoms with Gasteiger partial charge < -0.3 is 14.8 Å². The van der Waals surface area contributed by atoms with Crippen LogP contribution in [0.4, 0.5) is 5.69 Å². The number of ether oxygens (including phenoxy) is 2. The van der Waals surface area contributed by atoms with Crippen molar-refractivity contribution in [2.75, 3.05) is 19.5 Å². The van der Waals surface area contributed by atoms with E-state index in [1.54, 1.807) is 32.4 Å². The highest BCUT2D eigenvalue weighted by atomic mass is 35.5. The van der Waals surface area contributed by atoms with Gasteiger partial charge in [0.2, 0.25) is 5.91 Å². The predicted octanol–water partition coefficient (Wildman–Crippen LogP) is 4.71. The summed E-state index contributed by atoms with van der Waals surface area (Å²) in [6.07, 6.45) is 1.53. The summed E-state index contributed by atoms with van der Waals surface area (Å²) in [5, 5.41) is 3.42. The highest BCUT2D eigenvalue weighted by Gasteiger charge is 2.09. The standard InChI is InChI=1S/C19H20ClNO3/c1-12-5-6-14(20)10-17(12)21-19(22)9-13(2)16-8-7-15(23-3)11-18(16)24-4/h5-11H,1-4H3,(H,21,22)/b13-9+. The lowest BCUT2D eigenvalue weighted by atomic mass is 10.1. The number of allylic oxidation sites excluding steroid dienone is 1. The van der Waals surface area contributed by atoms with E-state index in [9.17, 15) is 4.79 Å². The lowest BCUT2D eigenvalue weighted by molar-refractivity contribution is -0.111. The number of hydrogen-bond donors (Lipinski definition) is 1. The number of carbonyl (C=O) groups is 1. The summed E-state index contributed by atoms with van der Waals surface area (Å²) < 4.78 is 10.6. The number of benzene rings is 2. The first kappa shape index (κ1) is 17.9. The molecule has 4 nitrogen and oxygen atoms in total. The molecule has 0 unspecified atom stereocenters. The minimum absolute atomic E-state index is 0.226. The van der Waals surface area contributed by atoms with E-state index < -0.39 is 0 Å². The monoisotopic (exact) mass is 345 g/mol. The maximum atomic E-state index is 12.3. The minimum Gasteiger partial charge on any atom is -0.497 e. The van der Waals surface area contributed by atoms with Gasteiger partial charge in [0, 0.05) is 28.4 Å². The molecule has 0 aliphatic heterocycles. The van der Waals surface area contributed by atoms with E-state index in [1.807, 2.05) is 32.0 Å². The average molecular weight is 346 g/mol. The topological polar surface area (TPSA) is 47.6 Å². The molecule has 24 heavy (non-hydrogen) atoms. The van der Waals surface area contributed by atoms with Gasteiger partial charge >= 0.3 is 0 Å². The van der Waals surface area contributed by atoms with E-state index in [0.29, 0.717) is 22.2 Å². The van der Waals surface area contributed by atoms with Crippen molar-refractivity contribution < 1.29 is 14.3 Å². The molecule has 5 heteroatoms. The fourth-order valence-corrected chi connectivity index (χ4v) is 2.47. The van der Waals surface area contributed by atoms with Crippen LogP contribution < -0.4 is 14.8 Å². The number of aryl methyl sites for hydroxylation is 1. The van der Waals surface area contributed by atoms with E-state index in [2.05, 4.69) is 5.32 Å². The summed E-state index contributed by atoms with van der Waals surface area (Å²) in [7, 11) is 3.18. The molecular formula is C19H20ClNO3. The van der Waals surface area contributed by atoms with Gasteiger partial charge in [-0.05, 0) is 49.2 Å². The smallest absolute Gasteiger partial charge is 0.248 e. The normalized spacial score (nSPS) is 11.1. The van der Waals surface area contributed by atoms with Crippen LogP contribution in [-0.4, -0.2) is 20.1 Å². The van der Waals surface area contributed by atoms with Crippen molar-refractivity contribution >= 4 is 28.8 Å². The van der Waals surface area contributed by atoms with Gasteiger partial charge in [-0.1, -0.05) is 17.7 Å². The Labute approximate surface area is 147 Å². The van der Waals surface area contributed by atoms with Gasteiger partial charge in [-0.2, -0.15) is 0 Å². The van der Waals surface area contributed by atoms with E-state index in [-0.39, 0.29) is 5.91 Å². The number of rotatable bonds is 5. The summed E-state index contributed by atoms with van der Waals surface area (Å²) in [6.45, 7) is 3.77. The van der Waals surface area contributed by atoms with E-state index in [4.69, 9.17) is 21.1 Å². The Bertz CT molecular complexity index is 784. The largest absolute Gasteiger partial charge is 0.497 e. The fraction of sp³-hybridized carbons (Fsp3) is 0.211. The first-order chi connectivity index (χ1) is 11.4. The quantitative estimate of drug-likeness (QED) is 0.798. The molecule has 0 aromatic heterocycles. The molecule has 0 atom stereocenters. The van der Waals surface area contributed by atoms with Crippen molar-refractivity contribution in [1.82, 2.24) is 0 Å². The Hall–Kier alpha value is -2.46. The molecule has 0 spiro atoms. The molecule has 2 aromatic carbocycles. The Morgan fingerprint density at radius 3 is 2.54 bits per heavy atom. The molecule has 2 rings (SSSR count). The highest BCUT2D eigenvalue weighted by Crippen LogP contribution is 2.30. The Morgan fingerprint density at radius 1 is 1.12 bits per heavy atom. The molecule has 1 N–H and O–H groups in total. The molecule has 0 aliphatic carbocycles. The summed E-state index contributed by atoms with van der Waals surface area (Å²) in [5.41, 5.74) is 3.25. The lowest BCUT2D eigenvalue weighted by Crippen LogP contribution is -2.09. The molecule has 0 saturated heterocycles. The van der Waals surface area contributed by atoms with E-state index in [1.165, 1.54) is 6.08 Å². The van der Waals surface area contributed by atoms with Crippen LogP contribution in [0, 0.1) is 6.92 Å². The van der Waals surface area contributed by atoms with Crippen molar-refractivity contribution in [2.24, 2.45) is 0 Å². The molecule has 0 saturated carbocycles. The third-order valence-corrected chi connectivity index (χ3v) is 3.87. The third kappa shape index (κ3) is 4.30. The van der Waals surface area contributed by atoms with Crippen molar-refractivity contribution in [3.05, 3.63) is 58.6 Å². The van der Waals surface area contributed by atoms with Crippen LogP contribution in [0.3, 0.4) is 0 Å². The van der Waals surface area contributed by atoms with Gasteiger partial charge in [-0.25, -0.2) is 0 Å². The zero-order chi connectivity index (χ0) is 17.7. The average Bonchev–Trinajstić information content (AvgIpc) is 2.57. The summed E-state index contributed by atoms with van der Waals surface area (Å²) in [6, 6.07) is 10.9. The molecule has 126 valence electrons. The van der Waals surface area contributed by atoms with Crippen molar-refractivity contribution in [2.45, 2.75) is 13.8 Å². The van der Waals surface area contributed by atoms with Gasteiger partial charge in [0.25, 0.3) is 0 Å². The zero-order valence-electron chi connectivity index (χ0n) is 14.1. The molecule has 0 radical (unpaired) electrons. The number of amides is 1. The van der Waals surface area contributed by atoms with Gasteiger partial charge in [0.15, 0.2) is 0 Å². The second-order valence-electron chi connectivity index (χ2n) is 5.34. The molecular weight excluding hydrogens is 326 g/mol. The second-order valence-corrected chi connectivity index (χ2v) is 5.78. The number of hydrogen-bond acceptors (Lipinski definition) is 3. The third-order valence-electron chi connectivity index (χ3n) is 3.64. The molecule has 1 amide bonds. The van der Waals surface area contributed by atoms with E-state index >= 15 is 0 Å². The first-order valence-corrected chi connectivity index (χ1v) is 7.80. The van der Waals surface area contributed by atoms with Gasteiger partial charge in [0.1, 0.15) is 11.5 Å². The van der Waals surface area contributed by atoms with Gasteiger partial charge in [-0.3, -0.25) is 4.79 Å². The summed E-state index contributed by atoms with van der Waals surface area (Å²) in [5.74, 6) is 1.12. The van der Waals surface area contributed by atoms with Crippen LogP contribution >= 0.6 is 11.6 Å². The number of methoxy groups -OCH3 is 2. The Morgan fingerprint density at radius 2 is 1.88 bits per heavy atom. The molecule has 0 aliphatic rings. The molecule has 0 bridgehead atoms. The van der Waals surface area contributed by atoms with Crippen molar-refractivity contribution in [3.63, 3.8) is 0 Å². The SMILES string of the molecule is COc1ccc(/C(C)=C/C(=O)Nc2cc(Cl)ccc2C)c(OC)c1. The Kier molecular flexibility index (Phi) is 5.88. The van der Waals surface area contributed by atoms with Crippen molar-refractivity contribution in [1.29, 1.82) is 0 Å².